The summed E-state index contributed by atoms with van der Waals surface area (Å²) in [5.41, 5.74) is 1.31. The highest BCUT2D eigenvalue weighted by atomic mass is 32.2. The van der Waals surface area contributed by atoms with E-state index in [1.54, 1.807) is 18.2 Å². The summed E-state index contributed by atoms with van der Waals surface area (Å²) in [6, 6.07) is 10.8. The minimum Gasteiger partial charge on any atom is -0.462 e. The third-order valence-corrected chi connectivity index (χ3v) is 7.18. The number of unbranched alkanes of at least 4 members (excludes halogenated alkanes) is 4. The number of carbonyl (C=O) groups excluding carboxylic acids is 3. The highest BCUT2D eigenvalue weighted by molar-refractivity contribution is 7.90. The zero-order chi connectivity index (χ0) is 28.0. The first-order valence-corrected chi connectivity index (χ1v) is 14.4. The van der Waals surface area contributed by atoms with Crippen LogP contribution in [0.4, 0.5) is 15.3 Å². The van der Waals surface area contributed by atoms with E-state index in [1.807, 2.05) is 11.6 Å². The number of carbonyl (C=O) groups is 3. The Kier molecular flexibility index (Phi) is 12.9. The number of esters is 1. The summed E-state index contributed by atoms with van der Waals surface area (Å²) in [6.45, 7) is 5.13. The first kappa shape index (κ1) is 31.0. The van der Waals surface area contributed by atoms with Crippen LogP contribution in [0.1, 0.15) is 61.4 Å². The van der Waals surface area contributed by atoms with E-state index < -0.39 is 22.0 Å². The van der Waals surface area contributed by atoms with Gasteiger partial charge in [0.05, 0.1) is 17.1 Å². The number of rotatable bonds is 14. The maximum atomic E-state index is 12.4. The van der Waals surface area contributed by atoms with Crippen molar-refractivity contribution in [2.24, 2.45) is 0 Å². The van der Waals surface area contributed by atoms with Crippen molar-refractivity contribution in [3.05, 3.63) is 59.7 Å². The smallest absolute Gasteiger partial charge is 0.338 e. The van der Waals surface area contributed by atoms with E-state index in [9.17, 15) is 22.8 Å². The second-order valence-electron chi connectivity index (χ2n) is 8.71. The molecule has 10 nitrogen and oxygen atoms in total. The van der Waals surface area contributed by atoms with Crippen molar-refractivity contribution in [1.29, 1.82) is 0 Å². The fourth-order valence-corrected chi connectivity index (χ4v) is 4.45. The second-order valence-corrected chi connectivity index (χ2v) is 10.9. The third-order valence-electron chi connectivity index (χ3n) is 5.45. The summed E-state index contributed by atoms with van der Waals surface area (Å²) >= 11 is 4.20. The summed E-state index contributed by atoms with van der Waals surface area (Å²) in [4.78, 5) is 36.5. The van der Waals surface area contributed by atoms with Gasteiger partial charge in [-0.15, -0.1) is 0 Å². The Morgan fingerprint density at radius 1 is 0.974 bits per heavy atom. The minimum absolute atomic E-state index is 0.0412. The zero-order valence-corrected chi connectivity index (χ0v) is 23.4. The number of benzene rings is 2. The fraction of sp³-hybridized carbons (Fsp3) is 0.423. The molecule has 3 N–H and O–H groups in total. The molecule has 2 aromatic rings. The number of hydrogen-bond acceptors (Lipinski definition) is 7. The number of anilines is 1. The number of urea groups is 2. The molecule has 0 heterocycles. The van der Waals surface area contributed by atoms with Gasteiger partial charge in [-0.05, 0) is 56.5 Å². The number of nitrogens with zero attached hydrogens (tertiary/aromatic N) is 1. The molecule has 0 unspecified atom stereocenters. The van der Waals surface area contributed by atoms with Crippen LogP contribution in [-0.2, 0) is 14.8 Å². The van der Waals surface area contributed by atoms with Crippen LogP contribution in [0.15, 0.2) is 53.4 Å². The van der Waals surface area contributed by atoms with E-state index in [0.717, 1.165) is 31.2 Å². The maximum absolute atomic E-state index is 12.4. The quantitative estimate of drug-likeness (QED) is 0.147. The molecule has 2 rings (SSSR count). The van der Waals surface area contributed by atoms with Gasteiger partial charge in [0.15, 0.2) is 0 Å². The molecule has 38 heavy (non-hydrogen) atoms. The Morgan fingerprint density at radius 3 is 2.42 bits per heavy atom. The van der Waals surface area contributed by atoms with Gasteiger partial charge in [0.25, 0.3) is 10.0 Å². The molecule has 0 atom stereocenters. The van der Waals surface area contributed by atoms with Crippen molar-refractivity contribution in [1.82, 2.24) is 14.3 Å². The fourth-order valence-electron chi connectivity index (χ4n) is 3.33. The number of thiol groups is 1. The first-order valence-electron chi connectivity index (χ1n) is 12.5. The standard InChI is InChI=1S/C26H36N4O6S2/c1-3-4-5-7-17-30(37)26(33)27-16-6-8-18-36-24(31)21-10-9-11-22(19-21)28-25(32)29-38(34,35)23-14-12-20(2)13-15-23/h9-15,19,37H,3-8,16-18H2,1-2H3,(H,27,33)(H2,28,29,32). The van der Waals surface area contributed by atoms with Crippen molar-refractivity contribution in [2.75, 3.05) is 25.0 Å². The van der Waals surface area contributed by atoms with Gasteiger partial charge in [-0.2, -0.15) is 0 Å². The van der Waals surface area contributed by atoms with Gasteiger partial charge in [0.2, 0.25) is 0 Å². The molecule has 0 radical (unpaired) electrons. The van der Waals surface area contributed by atoms with E-state index in [2.05, 4.69) is 30.4 Å². The lowest BCUT2D eigenvalue weighted by molar-refractivity contribution is 0.0498. The van der Waals surface area contributed by atoms with Crippen LogP contribution in [0.3, 0.4) is 0 Å². The molecule has 12 heteroatoms. The van der Waals surface area contributed by atoms with Crippen LogP contribution in [0, 0.1) is 6.92 Å². The SMILES string of the molecule is CCCCCCN(S)C(=O)NCCCCOC(=O)c1cccc(NC(=O)NS(=O)(=O)c2ccc(C)cc2)c1. The van der Waals surface area contributed by atoms with Gasteiger partial charge in [0.1, 0.15) is 0 Å². The number of sulfonamides is 1. The Labute approximate surface area is 230 Å². The number of aryl methyl sites for hydroxylation is 1. The van der Waals surface area contributed by atoms with Crippen LogP contribution >= 0.6 is 12.8 Å². The van der Waals surface area contributed by atoms with Gasteiger partial charge in [-0.25, -0.2) is 27.5 Å². The van der Waals surface area contributed by atoms with E-state index >= 15 is 0 Å². The predicted octanol–water partition coefficient (Wildman–Crippen LogP) is 4.88. The lowest BCUT2D eigenvalue weighted by Gasteiger charge is -2.16. The van der Waals surface area contributed by atoms with Crippen molar-refractivity contribution in [3.63, 3.8) is 0 Å². The Hall–Kier alpha value is -3.25. The van der Waals surface area contributed by atoms with Crippen LogP contribution in [-0.4, -0.2) is 50.5 Å². The van der Waals surface area contributed by atoms with Gasteiger partial charge >= 0.3 is 18.0 Å². The molecule has 0 fully saturated rings. The highest BCUT2D eigenvalue weighted by Crippen LogP contribution is 2.14. The van der Waals surface area contributed by atoms with Crippen molar-refractivity contribution in [2.45, 2.75) is 57.3 Å². The van der Waals surface area contributed by atoms with E-state index in [-0.39, 0.29) is 28.8 Å². The third kappa shape index (κ3) is 11.0. The first-order chi connectivity index (χ1) is 18.1. The number of ether oxygens (including phenoxy) is 1. The molecule has 0 aliphatic rings. The predicted molar refractivity (Wildman–Crippen MR) is 150 cm³/mol. The van der Waals surface area contributed by atoms with Gasteiger partial charge in [-0.3, -0.25) is 4.31 Å². The Balaban J connectivity index is 1.72. The van der Waals surface area contributed by atoms with Gasteiger partial charge in [0, 0.05) is 18.8 Å². The zero-order valence-electron chi connectivity index (χ0n) is 21.7. The molecule has 208 valence electrons. The summed E-state index contributed by atoms with van der Waals surface area (Å²) in [7, 11) is -4.05. The topological polar surface area (TPSA) is 134 Å². The number of amides is 4. The molecule has 0 aliphatic heterocycles. The molecule has 0 aliphatic carbocycles. The molecular formula is C26H36N4O6S2. The average Bonchev–Trinajstić information content (AvgIpc) is 2.88. The average molecular weight is 565 g/mol. The molecule has 0 spiro atoms. The molecule has 0 bridgehead atoms. The van der Waals surface area contributed by atoms with Gasteiger partial charge in [-0.1, -0.05) is 62.8 Å². The summed E-state index contributed by atoms with van der Waals surface area (Å²) < 4.78 is 33.3. The summed E-state index contributed by atoms with van der Waals surface area (Å²) in [6.07, 6.45) is 5.41. The van der Waals surface area contributed by atoms with Crippen molar-refractivity contribution < 1.29 is 27.5 Å². The largest absolute Gasteiger partial charge is 0.462 e. The van der Waals surface area contributed by atoms with Crippen molar-refractivity contribution in [3.8, 4) is 0 Å². The molecular weight excluding hydrogens is 528 g/mol. The monoisotopic (exact) mass is 564 g/mol. The number of hydrogen-bond donors (Lipinski definition) is 4. The van der Waals surface area contributed by atoms with Gasteiger partial charge < -0.3 is 15.4 Å². The maximum Gasteiger partial charge on any atom is 0.338 e. The van der Waals surface area contributed by atoms with Crippen LogP contribution in [0.2, 0.25) is 0 Å². The Bertz CT molecular complexity index is 1170. The molecule has 2 aromatic carbocycles. The Morgan fingerprint density at radius 2 is 1.71 bits per heavy atom. The normalized spacial score (nSPS) is 10.9. The molecule has 0 saturated heterocycles. The lowest BCUT2D eigenvalue weighted by atomic mass is 10.2. The molecule has 0 saturated carbocycles. The highest BCUT2D eigenvalue weighted by Gasteiger charge is 2.18. The lowest BCUT2D eigenvalue weighted by Crippen LogP contribution is -2.35. The minimum atomic E-state index is -4.05. The van der Waals surface area contributed by atoms with E-state index in [0.29, 0.717) is 25.9 Å². The van der Waals surface area contributed by atoms with Crippen LogP contribution in [0.25, 0.3) is 0 Å². The summed E-state index contributed by atoms with van der Waals surface area (Å²) in [5.74, 6) is -0.584. The molecule has 4 amide bonds. The van der Waals surface area contributed by atoms with Crippen LogP contribution < -0.4 is 15.4 Å². The van der Waals surface area contributed by atoms with E-state index in [1.165, 1.54) is 34.6 Å². The van der Waals surface area contributed by atoms with Crippen molar-refractivity contribution >= 4 is 46.6 Å². The van der Waals surface area contributed by atoms with Crippen LogP contribution in [0.5, 0.6) is 0 Å². The molecule has 0 aromatic heterocycles. The number of nitrogens with one attached hydrogen (secondary N) is 3. The summed E-state index contributed by atoms with van der Waals surface area (Å²) in [5, 5.41) is 5.19. The van der Waals surface area contributed by atoms with E-state index in [4.69, 9.17) is 4.74 Å². The second kappa shape index (κ2) is 15.9.